The van der Waals surface area contributed by atoms with E-state index in [2.05, 4.69) is 64.4 Å². The van der Waals surface area contributed by atoms with Crippen molar-refractivity contribution >= 4 is 27.3 Å². The van der Waals surface area contributed by atoms with E-state index < -0.39 is 15.8 Å². The standard InChI is InChI=1S/C43H62N2O5S/c1-27(2)31-15-20-43(44-37(46)28(3)45-23-25-51(49,50)26-24-45)22-21-41(7)33(36(31)43)13-14-35-40(6)18-16-32(29-9-11-30(12-10-29)38(47)48)39(4,5)34(40)17-19-42(35,41)8/h9-12,16,28,31,33-36H,1,13-15,17-26H2,2-8H3,(H,44,46)(H,47,48)/t28?,31-,33+,34-,35+,36+,40-,41+,42+,43-/m0/s1. The molecule has 10 atom stereocenters. The number of carboxylic acids is 1. The maximum absolute atomic E-state index is 14.1. The lowest BCUT2D eigenvalue weighted by Gasteiger charge is -2.72. The van der Waals surface area contributed by atoms with Crippen molar-refractivity contribution in [2.24, 2.45) is 51.2 Å². The average Bonchev–Trinajstić information content (AvgIpc) is 3.44. The number of rotatable bonds is 6. The third kappa shape index (κ3) is 5.53. The van der Waals surface area contributed by atoms with Crippen LogP contribution in [0, 0.1) is 51.2 Å². The summed E-state index contributed by atoms with van der Waals surface area (Å²) in [4.78, 5) is 27.7. The molecule has 0 radical (unpaired) electrons. The van der Waals surface area contributed by atoms with Gasteiger partial charge in [0, 0.05) is 18.6 Å². The summed E-state index contributed by atoms with van der Waals surface area (Å²) in [5, 5.41) is 13.2. The van der Waals surface area contributed by atoms with Crippen molar-refractivity contribution in [2.75, 3.05) is 24.6 Å². The zero-order valence-corrected chi connectivity index (χ0v) is 33.0. The first kappa shape index (κ1) is 36.9. The minimum atomic E-state index is -3.01. The predicted octanol–water partition coefficient (Wildman–Crippen LogP) is 8.02. The number of amides is 1. The van der Waals surface area contributed by atoms with Crippen LogP contribution in [0.15, 0.2) is 42.5 Å². The summed E-state index contributed by atoms with van der Waals surface area (Å²) in [5.41, 5.74) is 4.30. The molecule has 1 unspecified atom stereocenters. The molecule has 280 valence electrons. The van der Waals surface area contributed by atoms with Crippen molar-refractivity contribution in [3.8, 4) is 0 Å². The van der Waals surface area contributed by atoms with Crippen molar-refractivity contribution in [3.63, 3.8) is 0 Å². The molecule has 1 aromatic rings. The van der Waals surface area contributed by atoms with Gasteiger partial charge in [0.2, 0.25) is 5.91 Å². The van der Waals surface area contributed by atoms with Crippen LogP contribution in [0.25, 0.3) is 5.57 Å². The van der Waals surface area contributed by atoms with E-state index in [9.17, 15) is 23.1 Å². The van der Waals surface area contributed by atoms with E-state index in [1.54, 1.807) is 12.1 Å². The van der Waals surface area contributed by atoms with Crippen LogP contribution >= 0.6 is 0 Å². The zero-order valence-electron chi connectivity index (χ0n) is 32.2. The Hall–Kier alpha value is -2.45. The third-order valence-corrected chi connectivity index (χ3v) is 18.4. The van der Waals surface area contributed by atoms with Crippen molar-refractivity contribution in [1.29, 1.82) is 0 Å². The molecule has 0 spiro atoms. The van der Waals surface area contributed by atoms with Gasteiger partial charge >= 0.3 is 5.97 Å². The number of fused-ring (bicyclic) bond motifs is 7. The number of hydrogen-bond acceptors (Lipinski definition) is 5. The van der Waals surface area contributed by atoms with Crippen LogP contribution in [0.2, 0.25) is 0 Å². The van der Waals surface area contributed by atoms with Gasteiger partial charge in [0.25, 0.3) is 0 Å². The van der Waals surface area contributed by atoms with Gasteiger partial charge in [0.15, 0.2) is 9.84 Å². The van der Waals surface area contributed by atoms with Crippen LogP contribution in [-0.2, 0) is 14.6 Å². The molecule has 0 bridgehead atoms. The topological polar surface area (TPSA) is 104 Å². The van der Waals surface area contributed by atoms with Gasteiger partial charge in [-0.15, -0.1) is 0 Å². The van der Waals surface area contributed by atoms with Crippen LogP contribution in [-0.4, -0.2) is 66.5 Å². The first-order valence-electron chi connectivity index (χ1n) is 19.8. The molecule has 2 N–H and O–H groups in total. The fraction of sp³-hybridized carbons (Fsp3) is 0.721. The maximum Gasteiger partial charge on any atom is 0.335 e. The SMILES string of the molecule is C=C(C)[C@@H]1CC[C@]2(NC(=O)C(C)N3CCS(=O)(=O)CC3)CC[C@]3(C)[C@H](CC[C@@H]4[C@@]5(C)CC=C(c6ccc(C(=O)O)cc6)C(C)(C)[C@@H]5CC[C@]43C)[C@@H]12. The van der Waals surface area contributed by atoms with Crippen molar-refractivity contribution in [3.05, 3.63) is 53.6 Å². The smallest absolute Gasteiger partial charge is 0.335 e. The number of carbonyl (C=O) groups excluding carboxylic acids is 1. The van der Waals surface area contributed by atoms with Crippen LogP contribution in [0.1, 0.15) is 122 Å². The summed E-state index contributed by atoms with van der Waals surface area (Å²) in [6.07, 6.45) is 12.5. The molecule has 1 amide bonds. The van der Waals surface area contributed by atoms with Gasteiger partial charge in [-0.1, -0.05) is 65.0 Å². The summed E-state index contributed by atoms with van der Waals surface area (Å²) in [6, 6.07) is 7.15. The largest absolute Gasteiger partial charge is 0.478 e. The fourth-order valence-corrected chi connectivity index (χ4v) is 15.1. The summed E-state index contributed by atoms with van der Waals surface area (Å²) in [6.45, 7) is 22.3. The van der Waals surface area contributed by atoms with Crippen molar-refractivity contribution in [2.45, 2.75) is 118 Å². The fourth-order valence-electron chi connectivity index (χ4n) is 13.9. The maximum atomic E-state index is 14.1. The lowest BCUT2D eigenvalue weighted by Crippen LogP contribution is -2.69. The van der Waals surface area contributed by atoms with Crippen molar-refractivity contribution < 1.29 is 23.1 Å². The number of nitrogens with one attached hydrogen (secondary N) is 1. The highest BCUT2D eigenvalue weighted by molar-refractivity contribution is 7.91. The molecule has 1 saturated heterocycles. The van der Waals surface area contributed by atoms with E-state index in [0.29, 0.717) is 48.2 Å². The Labute approximate surface area is 307 Å². The molecule has 7 rings (SSSR count). The molecule has 8 heteroatoms. The molecule has 5 fully saturated rings. The van der Waals surface area contributed by atoms with E-state index in [-0.39, 0.29) is 50.7 Å². The monoisotopic (exact) mass is 718 g/mol. The first-order chi connectivity index (χ1) is 23.8. The molecule has 0 aromatic heterocycles. The Kier molecular flexibility index (Phi) is 8.89. The van der Waals surface area contributed by atoms with E-state index >= 15 is 0 Å². The molecule has 1 heterocycles. The molecule has 5 aliphatic carbocycles. The molecule has 51 heavy (non-hydrogen) atoms. The average molecular weight is 719 g/mol. The van der Waals surface area contributed by atoms with Gasteiger partial charge in [-0.2, -0.15) is 0 Å². The second-order valence-corrected chi connectivity index (χ2v) is 21.4. The second kappa shape index (κ2) is 12.3. The molecular formula is C43H62N2O5S. The summed E-state index contributed by atoms with van der Waals surface area (Å²) < 4.78 is 24.2. The Morgan fingerprint density at radius 3 is 2.20 bits per heavy atom. The summed E-state index contributed by atoms with van der Waals surface area (Å²) >= 11 is 0. The lowest BCUT2D eigenvalue weighted by molar-refractivity contribution is -0.219. The zero-order chi connectivity index (χ0) is 36.9. The number of benzene rings is 1. The van der Waals surface area contributed by atoms with Crippen LogP contribution in [0.3, 0.4) is 0 Å². The second-order valence-electron chi connectivity index (χ2n) is 19.1. The van der Waals surface area contributed by atoms with E-state index in [0.717, 1.165) is 37.7 Å². The Balaban J connectivity index is 1.17. The van der Waals surface area contributed by atoms with E-state index in [4.69, 9.17) is 0 Å². The molecular weight excluding hydrogens is 657 g/mol. The molecule has 7 nitrogen and oxygen atoms in total. The Bertz CT molecular complexity index is 1730. The van der Waals surface area contributed by atoms with Gasteiger partial charge < -0.3 is 10.4 Å². The summed E-state index contributed by atoms with van der Waals surface area (Å²) in [7, 11) is -3.01. The molecule has 4 saturated carbocycles. The Morgan fingerprint density at radius 2 is 1.57 bits per heavy atom. The number of carbonyl (C=O) groups is 2. The summed E-state index contributed by atoms with van der Waals surface area (Å²) in [5.74, 6) is 1.81. The van der Waals surface area contributed by atoms with Gasteiger partial charge in [0.05, 0.1) is 23.1 Å². The highest BCUT2D eigenvalue weighted by Gasteiger charge is 2.70. The number of nitrogens with zero attached hydrogens (tertiary/aromatic N) is 1. The third-order valence-electron chi connectivity index (χ3n) is 16.8. The quantitative estimate of drug-likeness (QED) is 0.289. The first-order valence-corrected chi connectivity index (χ1v) is 21.6. The van der Waals surface area contributed by atoms with Gasteiger partial charge in [-0.25, -0.2) is 13.2 Å². The van der Waals surface area contributed by atoms with Gasteiger partial charge in [-0.3, -0.25) is 9.69 Å². The predicted molar refractivity (Wildman–Crippen MR) is 204 cm³/mol. The lowest BCUT2D eigenvalue weighted by atomic mass is 9.33. The minimum absolute atomic E-state index is 0.0332. The molecule has 1 aliphatic heterocycles. The normalized spacial score (nSPS) is 41.9. The van der Waals surface area contributed by atoms with Crippen molar-refractivity contribution in [1.82, 2.24) is 10.2 Å². The number of hydrogen-bond donors (Lipinski definition) is 2. The van der Waals surface area contributed by atoms with Crippen LogP contribution < -0.4 is 5.32 Å². The number of aromatic carboxylic acids is 1. The molecule has 6 aliphatic rings. The van der Waals surface area contributed by atoms with E-state index in [1.807, 2.05) is 19.1 Å². The highest BCUT2D eigenvalue weighted by atomic mass is 32.2. The van der Waals surface area contributed by atoms with E-state index in [1.165, 1.54) is 36.8 Å². The van der Waals surface area contributed by atoms with Crippen LogP contribution in [0.4, 0.5) is 0 Å². The highest BCUT2D eigenvalue weighted by Crippen LogP contribution is 2.76. The minimum Gasteiger partial charge on any atom is -0.478 e. The number of carboxylic acid groups (broad SMARTS) is 1. The van der Waals surface area contributed by atoms with Crippen LogP contribution in [0.5, 0.6) is 0 Å². The number of allylic oxidation sites excluding steroid dienone is 3. The molecule has 1 aromatic carbocycles. The number of sulfone groups is 1. The van der Waals surface area contributed by atoms with Gasteiger partial charge in [-0.05, 0) is 146 Å². The van der Waals surface area contributed by atoms with Gasteiger partial charge in [0.1, 0.15) is 0 Å². The Morgan fingerprint density at radius 1 is 0.902 bits per heavy atom.